The summed E-state index contributed by atoms with van der Waals surface area (Å²) in [6.07, 6.45) is 0.00462. The Labute approximate surface area is 93.4 Å². The van der Waals surface area contributed by atoms with Crippen molar-refractivity contribution in [1.82, 2.24) is 0 Å². The summed E-state index contributed by atoms with van der Waals surface area (Å²) in [6, 6.07) is 3.93. The molecule has 3 nitrogen and oxygen atoms in total. The number of carbonyl (C=O) groups excluding carboxylic acids is 1. The zero-order valence-corrected chi connectivity index (χ0v) is 8.92. The molecule has 0 aliphatic carbocycles. The van der Waals surface area contributed by atoms with Crippen molar-refractivity contribution in [1.29, 1.82) is 0 Å². The van der Waals surface area contributed by atoms with Crippen LogP contribution in [0.3, 0.4) is 0 Å². The zero-order valence-electron chi connectivity index (χ0n) is 8.92. The van der Waals surface area contributed by atoms with E-state index in [-0.39, 0.29) is 18.1 Å². The maximum Gasteiger partial charge on any atom is 0.317 e. The van der Waals surface area contributed by atoms with Crippen LogP contribution in [-0.2, 0) is 9.53 Å². The highest BCUT2D eigenvalue weighted by molar-refractivity contribution is 5.72. The van der Waals surface area contributed by atoms with E-state index >= 15 is 0 Å². The monoisotopic (exact) mass is 221 g/mol. The number of hydrogen-bond donors (Lipinski definition) is 1. The minimum absolute atomic E-state index is 0.00462. The van der Waals surface area contributed by atoms with Crippen LogP contribution in [0.1, 0.15) is 18.9 Å². The second-order valence-corrected chi connectivity index (χ2v) is 3.02. The Morgan fingerprint density at radius 1 is 1.56 bits per heavy atom. The molecule has 0 spiro atoms. The van der Waals surface area contributed by atoms with Crippen molar-refractivity contribution in [3.8, 4) is 11.8 Å². The van der Waals surface area contributed by atoms with Gasteiger partial charge in [-0.3, -0.25) is 4.79 Å². The van der Waals surface area contributed by atoms with E-state index in [1.165, 1.54) is 18.2 Å². The second-order valence-electron chi connectivity index (χ2n) is 3.02. The van der Waals surface area contributed by atoms with Gasteiger partial charge < -0.3 is 10.5 Å². The molecule has 1 rings (SSSR count). The lowest BCUT2D eigenvalue weighted by Gasteiger charge is -1.97. The molecule has 0 radical (unpaired) electrons. The lowest BCUT2D eigenvalue weighted by Crippen LogP contribution is -2.01. The highest BCUT2D eigenvalue weighted by Gasteiger charge is 1.98. The van der Waals surface area contributed by atoms with Crippen LogP contribution in [0, 0.1) is 17.7 Å². The van der Waals surface area contributed by atoms with Crippen LogP contribution in [-0.4, -0.2) is 12.6 Å². The topological polar surface area (TPSA) is 52.3 Å². The first-order valence-electron chi connectivity index (χ1n) is 4.83. The molecule has 1 aromatic carbocycles. The van der Waals surface area contributed by atoms with Crippen LogP contribution in [0.4, 0.5) is 10.1 Å². The predicted octanol–water partition coefficient (Wildman–Crippen LogP) is 1.71. The summed E-state index contributed by atoms with van der Waals surface area (Å²) in [4.78, 5) is 11.0. The maximum absolute atomic E-state index is 12.7. The number of ether oxygens (including phenoxy) is 1. The Balaban J connectivity index is 2.66. The molecule has 0 atom stereocenters. The number of hydrogen-bond acceptors (Lipinski definition) is 3. The Kier molecular flexibility index (Phi) is 4.34. The molecule has 0 unspecified atom stereocenters. The molecule has 0 saturated carbocycles. The first-order chi connectivity index (χ1) is 7.63. The van der Waals surface area contributed by atoms with Gasteiger partial charge in [-0.2, -0.15) is 0 Å². The summed E-state index contributed by atoms with van der Waals surface area (Å²) >= 11 is 0. The lowest BCUT2D eigenvalue weighted by atomic mass is 10.2. The standard InChI is InChI=1S/C12H12FNO2/c1-2-16-12(15)5-3-4-9-6-7-10(13)8-11(9)14/h6-8H,2,5,14H2,1H3. The van der Waals surface area contributed by atoms with E-state index in [9.17, 15) is 9.18 Å². The van der Waals surface area contributed by atoms with Crippen molar-refractivity contribution in [2.75, 3.05) is 12.3 Å². The molecule has 0 amide bonds. The van der Waals surface area contributed by atoms with Gasteiger partial charge in [0, 0.05) is 5.56 Å². The van der Waals surface area contributed by atoms with E-state index < -0.39 is 5.82 Å². The number of halogens is 1. The van der Waals surface area contributed by atoms with Gasteiger partial charge in [0.15, 0.2) is 0 Å². The molecule has 2 N–H and O–H groups in total. The van der Waals surface area contributed by atoms with Gasteiger partial charge in [-0.15, -0.1) is 0 Å². The summed E-state index contributed by atoms with van der Waals surface area (Å²) in [5.41, 5.74) is 6.30. The number of carbonyl (C=O) groups is 1. The summed E-state index contributed by atoms with van der Waals surface area (Å²) in [7, 11) is 0. The molecular weight excluding hydrogens is 209 g/mol. The van der Waals surface area contributed by atoms with Crippen LogP contribution >= 0.6 is 0 Å². The lowest BCUT2D eigenvalue weighted by molar-refractivity contribution is -0.141. The highest BCUT2D eigenvalue weighted by Crippen LogP contribution is 2.11. The van der Waals surface area contributed by atoms with Crippen molar-refractivity contribution in [3.63, 3.8) is 0 Å². The minimum Gasteiger partial charge on any atom is -0.465 e. The van der Waals surface area contributed by atoms with Gasteiger partial charge in [0.25, 0.3) is 0 Å². The fourth-order valence-corrected chi connectivity index (χ4v) is 1.07. The molecule has 0 bridgehead atoms. The van der Waals surface area contributed by atoms with E-state index in [0.29, 0.717) is 12.2 Å². The number of anilines is 1. The summed E-state index contributed by atoms with van der Waals surface area (Å²) in [5.74, 6) is 4.52. The van der Waals surface area contributed by atoms with E-state index in [1.54, 1.807) is 6.92 Å². The largest absolute Gasteiger partial charge is 0.465 e. The molecule has 0 aliphatic heterocycles. The number of rotatable bonds is 2. The third-order valence-electron chi connectivity index (χ3n) is 1.77. The predicted molar refractivity (Wildman–Crippen MR) is 58.9 cm³/mol. The van der Waals surface area contributed by atoms with Gasteiger partial charge in [0.2, 0.25) is 0 Å². The van der Waals surface area contributed by atoms with Crippen molar-refractivity contribution < 1.29 is 13.9 Å². The van der Waals surface area contributed by atoms with Gasteiger partial charge in [-0.1, -0.05) is 11.8 Å². The van der Waals surface area contributed by atoms with E-state index in [2.05, 4.69) is 11.8 Å². The smallest absolute Gasteiger partial charge is 0.317 e. The van der Waals surface area contributed by atoms with Crippen LogP contribution < -0.4 is 5.73 Å². The molecular formula is C12H12FNO2. The van der Waals surface area contributed by atoms with Gasteiger partial charge in [-0.05, 0) is 25.1 Å². The quantitative estimate of drug-likeness (QED) is 0.470. The normalized spacial score (nSPS) is 9.12. The van der Waals surface area contributed by atoms with E-state index in [4.69, 9.17) is 10.5 Å². The van der Waals surface area contributed by atoms with Crippen LogP contribution in [0.25, 0.3) is 0 Å². The van der Waals surface area contributed by atoms with Gasteiger partial charge in [0.05, 0.1) is 12.3 Å². The molecule has 16 heavy (non-hydrogen) atoms. The average molecular weight is 221 g/mol. The van der Waals surface area contributed by atoms with Crippen molar-refractivity contribution in [2.24, 2.45) is 0 Å². The average Bonchev–Trinajstić information content (AvgIpc) is 2.22. The number of nitrogen functional groups attached to an aromatic ring is 1. The molecule has 1 aromatic rings. The Hall–Kier alpha value is -2.02. The first kappa shape index (κ1) is 12.1. The van der Waals surface area contributed by atoms with Crippen molar-refractivity contribution in [3.05, 3.63) is 29.6 Å². The molecule has 84 valence electrons. The Bertz CT molecular complexity index is 446. The summed E-state index contributed by atoms with van der Waals surface area (Å²) < 4.78 is 17.4. The van der Waals surface area contributed by atoms with Crippen LogP contribution in [0.2, 0.25) is 0 Å². The molecule has 0 fully saturated rings. The van der Waals surface area contributed by atoms with E-state index in [1.807, 2.05) is 0 Å². The van der Waals surface area contributed by atoms with Gasteiger partial charge >= 0.3 is 5.97 Å². The maximum atomic E-state index is 12.7. The van der Waals surface area contributed by atoms with Crippen LogP contribution in [0.5, 0.6) is 0 Å². The van der Waals surface area contributed by atoms with Gasteiger partial charge in [-0.25, -0.2) is 4.39 Å². The SMILES string of the molecule is CCOC(=O)CC#Cc1ccc(F)cc1N. The van der Waals surface area contributed by atoms with Gasteiger partial charge in [0.1, 0.15) is 12.2 Å². The molecule has 0 aromatic heterocycles. The van der Waals surface area contributed by atoms with Crippen molar-refractivity contribution >= 4 is 11.7 Å². The summed E-state index contributed by atoms with van der Waals surface area (Å²) in [6.45, 7) is 2.06. The van der Waals surface area contributed by atoms with Crippen LogP contribution in [0.15, 0.2) is 18.2 Å². The first-order valence-corrected chi connectivity index (χ1v) is 4.83. The number of benzene rings is 1. The fraction of sp³-hybridized carbons (Fsp3) is 0.250. The second kappa shape index (κ2) is 5.76. The zero-order chi connectivity index (χ0) is 12.0. The number of esters is 1. The van der Waals surface area contributed by atoms with Crippen molar-refractivity contribution in [2.45, 2.75) is 13.3 Å². The Morgan fingerprint density at radius 2 is 2.31 bits per heavy atom. The molecule has 0 aliphatic rings. The summed E-state index contributed by atoms with van der Waals surface area (Å²) in [5, 5.41) is 0. The third kappa shape index (κ3) is 3.62. The molecule has 0 heterocycles. The molecule has 0 saturated heterocycles. The molecule has 4 heteroatoms. The minimum atomic E-state index is -0.409. The fourth-order valence-electron chi connectivity index (χ4n) is 1.07. The van der Waals surface area contributed by atoms with E-state index in [0.717, 1.165) is 0 Å². The Morgan fingerprint density at radius 3 is 2.94 bits per heavy atom. The number of nitrogens with two attached hydrogens (primary N) is 1. The highest BCUT2D eigenvalue weighted by atomic mass is 19.1. The third-order valence-corrected chi connectivity index (χ3v) is 1.77.